The van der Waals surface area contributed by atoms with E-state index in [-0.39, 0.29) is 30.1 Å². The molecule has 2 saturated carbocycles. The number of rotatable bonds is 13. The first-order valence-electron chi connectivity index (χ1n) is 18.3. The summed E-state index contributed by atoms with van der Waals surface area (Å²) in [7, 11) is -3.39. The van der Waals surface area contributed by atoms with Crippen molar-refractivity contribution in [2.75, 3.05) is 18.8 Å². The van der Waals surface area contributed by atoms with Crippen LogP contribution in [0.3, 0.4) is 0 Å². The van der Waals surface area contributed by atoms with E-state index in [4.69, 9.17) is 0 Å². The van der Waals surface area contributed by atoms with E-state index in [0.717, 1.165) is 38.5 Å². The van der Waals surface area contributed by atoms with E-state index in [1.54, 1.807) is 0 Å². The third kappa shape index (κ3) is 9.64. The Balaban J connectivity index is 1.55. The first-order chi connectivity index (χ1) is 23.0. The molecule has 2 aliphatic carbocycles. The molecule has 0 aromatic heterocycles. The Morgan fingerprint density at radius 3 is 2.20 bits per heavy atom. The minimum atomic E-state index is -3.39. The number of likely N-dealkylation sites (tertiary alicyclic amines) is 1. The number of Topliss-reactive ketones (excluding diaryl/α,β-unsaturated/α-hetero) is 1. The van der Waals surface area contributed by atoms with Crippen LogP contribution >= 0.6 is 0 Å². The highest BCUT2D eigenvalue weighted by molar-refractivity contribution is 7.92. The number of hydrogen-bond acceptors (Lipinski definition) is 7. The highest BCUT2D eigenvalue weighted by Gasteiger charge is 2.50. The molecule has 2 aliphatic heterocycles. The van der Waals surface area contributed by atoms with Crippen molar-refractivity contribution >= 4 is 39.4 Å². The molecule has 13 heteroatoms. The molecule has 276 valence electrons. The minimum Gasteiger partial charge on any atom is -0.346 e. The summed E-state index contributed by atoms with van der Waals surface area (Å²) in [5.74, 6) is -1.88. The van der Waals surface area contributed by atoms with Gasteiger partial charge in [0.15, 0.2) is 9.84 Å². The maximum atomic E-state index is 14.5. The zero-order chi connectivity index (χ0) is 36.1. The van der Waals surface area contributed by atoms with Crippen LogP contribution in [0.2, 0.25) is 0 Å². The Morgan fingerprint density at radius 2 is 1.63 bits per heavy atom. The molecule has 0 aromatic carbocycles. The van der Waals surface area contributed by atoms with Gasteiger partial charge in [0.05, 0.1) is 22.6 Å². The van der Waals surface area contributed by atoms with E-state index in [2.05, 4.69) is 27.8 Å². The van der Waals surface area contributed by atoms with Crippen molar-refractivity contribution in [2.45, 2.75) is 141 Å². The number of ketones is 1. The normalized spacial score (nSPS) is 26.2. The van der Waals surface area contributed by atoms with Crippen LogP contribution in [0.25, 0.3) is 0 Å². The molecule has 0 radical (unpaired) electrons. The van der Waals surface area contributed by atoms with Crippen molar-refractivity contribution in [3.05, 3.63) is 12.7 Å². The number of urea groups is 1. The van der Waals surface area contributed by atoms with Gasteiger partial charge in [-0.25, -0.2) is 13.2 Å². The maximum absolute atomic E-state index is 14.5. The Bertz CT molecular complexity index is 1360. The van der Waals surface area contributed by atoms with Crippen molar-refractivity contribution < 1.29 is 32.4 Å². The number of carbonyl (C=O) groups is 5. The summed E-state index contributed by atoms with van der Waals surface area (Å²) in [5, 5.41) is 10.7. The quantitative estimate of drug-likeness (QED) is 0.168. The summed E-state index contributed by atoms with van der Waals surface area (Å²) in [6.45, 7) is 13.6. The van der Waals surface area contributed by atoms with Gasteiger partial charge in [-0.1, -0.05) is 79.2 Å². The predicted octanol–water partition coefficient (Wildman–Crippen LogP) is 3.40. The van der Waals surface area contributed by atoms with Gasteiger partial charge in [-0.2, -0.15) is 0 Å². The number of nitrogens with one attached hydrogen (secondary N) is 4. The molecule has 4 N–H and O–H groups in total. The number of hydrogen-bond donors (Lipinski definition) is 4. The number of sulfone groups is 1. The SMILES string of the molecule is C=CCNC(=O)C(=O)C(CC1CC1)NC(=O)C1CC(C(C)C)CN1C(=O)C(NC(=O)NC1(C2CCCCS2(=O)=O)CCCCC1)C(C)(C)C. The fraction of sp³-hybridized carbons (Fsp3) is 0.806. The van der Waals surface area contributed by atoms with E-state index in [1.165, 1.54) is 11.0 Å². The van der Waals surface area contributed by atoms with Crippen molar-refractivity contribution in [3.63, 3.8) is 0 Å². The van der Waals surface area contributed by atoms with E-state index in [9.17, 15) is 32.4 Å². The molecule has 0 spiro atoms. The van der Waals surface area contributed by atoms with Crippen molar-refractivity contribution in [2.24, 2.45) is 23.2 Å². The monoisotopic (exact) mass is 705 g/mol. The molecule has 4 aliphatic rings. The van der Waals surface area contributed by atoms with Crippen molar-refractivity contribution in [3.8, 4) is 0 Å². The Labute approximate surface area is 292 Å². The van der Waals surface area contributed by atoms with E-state index in [1.807, 2.05) is 34.6 Å². The van der Waals surface area contributed by atoms with Gasteiger partial charge in [0.2, 0.25) is 17.6 Å². The van der Waals surface area contributed by atoms with Crippen LogP contribution in [-0.2, 0) is 29.0 Å². The summed E-state index contributed by atoms with van der Waals surface area (Å²) in [4.78, 5) is 69.5. The summed E-state index contributed by atoms with van der Waals surface area (Å²) >= 11 is 0. The van der Waals surface area contributed by atoms with Gasteiger partial charge in [-0.3, -0.25) is 19.2 Å². The molecule has 49 heavy (non-hydrogen) atoms. The smallest absolute Gasteiger partial charge is 0.315 e. The average molecular weight is 706 g/mol. The third-order valence-corrected chi connectivity index (χ3v) is 13.5. The van der Waals surface area contributed by atoms with Crippen LogP contribution in [0.1, 0.15) is 112 Å². The zero-order valence-corrected chi connectivity index (χ0v) is 31.0. The third-order valence-electron chi connectivity index (χ3n) is 11.1. The van der Waals surface area contributed by atoms with Gasteiger partial charge in [0, 0.05) is 13.1 Å². The zero-order valence-electron chi connectivity index (χ0n) is 30.1. The molecule has 0 aromatic rings. The second-order valence-corrected chi connectivity index (χ2v) is 18.6. The number of nitrogens with zero attached hydrogens (tertiary/aromatic N) is 1. The van der Waals surface area contributed by atoms with Gasteiger partial charge >= 0.3 is 6.03 Å². The van der Waals surface area contributed by atoms with E-state index in [0.29, 0.717) is 45.1 Å². The summed E-state index contributed by atoms with van der Waals surface area (Å²) < 4.78 is 26.5. The van der Waals surface area contributed by atoms with Crippen molar-refractivity contribution in [1.82, 2.24) is 26.2 Å². The van der Waals surface area contributed by atoms with Crippen LogP contribution in [0.15, 0.2) is 12.7 Å². The van der Waals surface area contributed by atoms with Crippen LogP contribution in [-0.4, -0.2) is 90.6 Å². The summed E-state index contributed by atoms with van der Waals surface area (Å²) in [6.07, 6.45) is 9.71. The van der Waals surface area contributed by atoms with Gasteiger partial charge < -0.3 is 26.2 Å². The molecule has 5 amide bonds. The lowest BCUT2D eigenvalue weighted by Crippen LogP contribution is -2.65. The van der Waals surface area contributed by atoms with Crippen molar-refractivity contribution in [1.29, 1.82) is 0 Å². The molecule has 4 fully saturated rings. The van der Waals surface area contributed by atoms with Gasteiger partial charge in [0.25, 0.3) is 5.91 Å². The topological polar surface area (TPSA) is 171 Å². The highest BCUT2D eigenvalue weighted by atomic mass is 32.2. The molecule has 12 nitrogen and oxygen atoms in total. The molecular formula is C36H59N5O7S. The first kappa shape index (κ1) is 38.8. The second kappa shape index (κ2) is 15.9. The fourth-order valence-electron chi connectivity index (χ4n) is 7.93. The van der Waals surface area contributed by atoms with Gasteiger partial charge in [-0.05, 0) is 61.7 Å². The molecule has 0 bridgehead atoms. The average Bonchev–Trinajstić information content (AvgIpc) is 3.73. The van der Waals surface area contributed by atoms with Crippen LogP contribution in [0.5, 0.6) is 0 Å². The molecule has 2 saturated heterocycles. The van der Waals surface area contributed by atoms with Gasteiger partial charge in [0.1, 0.15) is 12.1 Å². The Hall–Kier alpha value is -2.96. The first-order valence-corrected chi connectivity index (χ1v) is 20.0. The Morgan fingerprint density at radius 1 is 0.959 bits per heavy atom. The fourth-order valence-corrected chi connectivity index (χ4v) is 10.3. The Kier molecular flexibility index (Phi) is 12.6. The molecule has 5 unspecified atom stereocenters. The van der Waals surface area contributed by atoms with Crippen LogP contribution < -0.4 is 21.3 Å². The largest absolute Gasteiger partial charge is 0.346 e. The molecule has 4 rings (SSSR count). The summed E-state index contributed by atoms with van der Waals surface area (Å²) in [5.41, 5.74) is -1.65. The standard InChI is InChI=1S/C36H59N5O7S/c1-7-18-37-32(44)29(42)26(20-24-14-15-24)38-31(43)27-21-25(23(2)3)22-41(27)33(45)30(35(4,5)6)39-34(46)40-36(16-10-8-11-17-36)28-13-9-12-19-49(28,47)48/h7,23-28,30H,1,8-22H2,2-6H3,(H,37,44)(H,38,43)(H2,39,40,46). The van der Waals surface area contributed by atoms with E-state index < -0.39 is 73.7 Å². The van der Waals surface area contributed by atoms with Gasteiger partial charge in [-0.15, -0.1) is 6.58 Å². The molecule has 2 heterocycles. The minimum absolute atomic E-state index is 0.00429. The number of amides is 5. The summed E-state index contributed by atoms with van der Waals surface area (Å²) in [6, 6.07) is -3.51. The predicted molar refractivity (Wildman–Crippen MR) is 188 cm³/mol. The van der Waals surface area contributed by atoms with E-state index >= 15 is 0 Å². The highest BCUT2D eigenvalue weighted by Crippen LogP contribution is 2.39. The maximum Gasteiger partial charge on any atom is 0.315 e. The second-order valence-electron chi connectivity index (χ2n) is 16.3. The van der Waals surface area contributed by atoms with Crippen LogP contribution in [0, 0.1) is 23.2 Å². The lowest BCUT2D eigenvalue weighted by Gasteiger charge is -2.45. The lowest BCUT2D eigenvalue weighted by atomic mass is 9.77. The molecule has 5 atom stereocenters. The lowest BCUT2D eigenvalue weighted by molar-refractivity contribution is -0.143. The number of carbonyl (C=O) groups excluding carboxylic acids is 5. The molecular weight excluding hydrogens is 646 g/mol. The van der Waals surface area contributed by atoms with Crippen LogP contribution in [0.4, 0.5) is 4.79 Å².